The highest BCUT2D eigenvalue weighted by atomic mass is 32.2. The van der Waals surface area contributed by atoms with Gasteiger partial charge in [-0.15, -0.1) is 0 Å². The number of methoxy groups -OCH3 is 1. The number of rotatable bonds is 4. The molecule has 0 fully saturated rings. The van der Waals surface area contributed by atoms with Crippen LogP contribution in [-0.2, 0) is 30.7 Å². The first-order valence-electron chi connectivity index (χ1n) is 8.07. The van der Waals surface area contributed by atoms with Gasteiger partial charge in [0, 0.05) is 19.0 Å². The largest absolute Gasteiger partial charge is 0.509 e. The van der Waals surface area contributed by atoms with E-state index in [2.05, 4.69) is 10.1 Å². The van der Waals surface area contributed by atoms with Gasteiger partial charge in [0.2, 0.25) is 5.91 Å². The number of ether oxygens (including phenoxy) is 2. The van der Waals surface area contributed by atoms with Crippen LogP contribution in [-0.4, -0.2) is 33.8 Å². The first-order valence-corrected chi connectivity index (χ1v) is 9.51. The number of nitrogens with zero attached hydrogens (tertiary/aromatic N) is 1. The second kappa shape index (κ2) is 7.28. The summed E-state index contributed by atoms with van der Waals surface area (Å²) in [5.41, 5.74) is 1.66. The SMILES string of the molecule is COC(=O)O[C@@H]1Cc2ccccc2N1S(=O)(=O)c1ccc(NC(C)=O)cc1. The Hall–Kier alpha value is -3.07. The number of carbonyl (C=O) groups excluding carboxylic acids is 2. The van der Waals surface area contributed by atoms with Crippen LogP contribution in [0.3, 0.4) is 0 Å². The van der Waals surface area contributed by atoms with Gasteiger partial charge in [-0.25, -0.2) is 17.5 Å². The molecule has 1 amide bonds. The molecule has 0 aliphatic carbocycles. The molecule has 0 radical (unpaired) electrons. The molecule has 0 aromatic heterocycles. The minimum Gasteiger partial charge on any atom is -0.438 e. The second-order valence-corrected chi connectivity index (χ2v) is 7.68. The molecule has 27 heavy (non-hydrogen) atoms. The third-order valence-corrected chi connectivity index (χ3v) is 5.83. The molecule has 3 rings (SSSR count). The van der Waals surface area contributed by atoms with Crippen LogP contribution in [0.2, 0.25) is 0 Å². The van der Waals surface area contributed by atoms with Gasteiger partial charge < -0.3 is 14.8 Å². The van der Waals surface area contributed by atoms with E-state index >= 15 is 0 Å². The highest BCUT2D eigenvalue weighted by Crippen LogP contribution is 2.37. The molecule has 142 valence electrons. The first-order chi connectivity index (χ1) is 12.8. The molecule has 0 bridgehead atoms. The lowest BCUT2D eigenvalue weighted by Gasteiger charge is -2.26. The zero-order chi connectivity index (χ0) is 19.6. The normalized spacial score (nSPS) is 15.8. The number of anilines is 2. The van der Waals surface area contributed by atoms with Gasteiger partial charge in [0.1, 0.15) is 0 Å². The van der Waals surface area contributed by atoms with Crippen molar-refractivity contribution in [2.24, 2.45) is 0 Å². The van der Waals surface area contributed by atoms with Crippen molar-refractivity contribution in [2.75, 3.05) is 16.7 Å². The zero-order valence-electron chi connectivity index (χ0n) is 14.7. The fourth-order valence-corrected chi connectivity index (χ4v) is 4.46. The Kier molecular flexibility index (Phi) is 5.04. The highest BCUT2D eigenvalue weighted by Gasteiger charge is 2.40. The number of benzene rings is 2. The quantitative estimate of drug-likeness (QED) is 0.805. The molecule has 1 atom stereocenters. The Morgan fingerprint density at radius 2 is 1.78 bits per heavy atom. The van der Waals surface area contributed by atoms with Gasteiger partial charge in [-0.3, -0.25) is 4.79 Å². The van der Waals surface area contributed by atoms with E-state index in [1.54, 1.807) is 24.3 Å². The summed E-state index contributed by atoms with van der Waals surface area (Å²) in [5, 5.41) is 2.58. The van der Waals surface area contributed by atoms with E-state index in [1.165, 1.54) is 31.2 Å². The molecule has 2 aromatic rings. The van der Waals surface area contributed by atoms with Crippen LogP contribution in [0.4, 0.5) is 16.2 Å². The average Bonchev–Trinajstić information content (AvgIpc) is 3.00. The third-order valence-electron chi connectivity index (χ3n) is 4.02. The molecule has 1 heterocycles. The van der Waals surface area contributed by atoms with Crippen molar-refractivity contribution in [3.05, 3.63) is 54.1 Å². The summed E-state index contributed by atoms with van der Waals surface area (Å²) in [6, 6.07) is 12.7. The molecular weight excluding hydrogens is 372 g/mol. The number of sulfonamides is 1. The van der Waals surface area contributed by atoms with Crippen LogP contribution >= 0.6 is 0 Å². The molecular formula is C18H18N2O6S. The number of carbonyl (C=O) groups is 2. The van der Waals surface area contributed by atoms with Crippen molar-refractivity contribution in [3.63, 3.8) is 0 Å². The Balaban J connectivity index is 1.98. The van der Waals surface area contributed by atoms with Gasteiger partial charge in [-0.2, -0.15) is 0 Å². The van der Waals surface area contributed by atoms with E-state index in [9.17, 15) is 18.0 Å². The predicted octanol–water partition coefficient (Wildman–Crippen LogP) is 2.51. The van der Waals surface area contributed by atoms with Crippen molar-refractivity contribution in [1.82, 2.24) is 0 Å². The van der Waals surface area contributed by atoms with Crippen molar-refractivity contribution in [1.29, 1.82) is 0 Å². The Morgan fingerprint density at radius 1 is 1.11 bits per heavy atom. The number of hydrogen-bond donors (Lipinski definition) is 1. The molecule has 0 spiro atoms. The predicted molar refractivity (Wildman–Crippen MR) is 97.8 cm³/mol. The molecule has 1 aliphatic heterocycles. The number of hydrogen-bond acceptors (Lipinski definition) is 6. The summed E-state index contributed by atoms with van der Waals surface area (Å²) < 4.78 is 37.2. The van der Waals surface area contributed by atoms with Gasteiger partial charge in [-0.05, 0) is 35.9 Å². The standard InChI is InChI=1S/C18H18N2O6S/c1-12(21)19-14-7-9-15(10-8-14)27(23,24)20-16-6-4-3-5-13(16)11-17(20)26-18(22)25-2/h3-10,17H,11H2,1-2H3,(H,19,21)/t17-/m1/s1. The van der Waals surface area contributed by atoms with E-state index < -0.39 is 22.4 Å². The summed E-state index contributed by atoms with van der Waals surface area (Å²) >= 11 is 0. The van der Waals surface area contributed by atoms with Gasteiger partial charge in [0.05, 0.1) is 17.7 Å². The Bertz CT molecular complexity index is 972. The van der Waals surface area contributed by atoms with Gasteiger partial charge in [0.25, 0.3) is 10.0 Å². The average molecular weight is 390 g/mol. The van der Waals surface area contributed by atoms with E-state index in [0.29, 0.717) is 11.4 Å². The lowest BCUT2D eigenvalue weighted by molar-refractivity contribution is -0.114. The van der Waals surface area contributed by atoms with Crippen molar-refractivity contribution >= 4 is 33.5 Å². The highest BCUT2D eigenvalue weighted by molar-refractivity contribution is 7.92. The molecule has 1 aliphatic rings. The molecule has 0 saturated heterocycles. The van der Waals surface area contributed by atoms with Crippen molar-refractivity contribution in [3.8, 4) is 0 Å². The monoisotopic (exact) mass is 390 g/mol. The van der Waals surface area contributed by atoms with Crippen LogP contribution in [0.5, 0.6) is 0 Å². The van der Waals surface area contributed by atoms with Crippen molar-refractivity contribution in [2.45, 2.75) is 24.5 Å². The zero-order valence-corrected chi connectivity index (χ0v) is 15.5. The lowest BCUT2D eigenvalue weighted by Crippen LogP contribution is -2.40. The lowest BCUT2D eigenvalue weighted by atomic mass is 10.2. The minimum atomic E-state index is -4.01. The maximum absolute atomic E-state index is 13.2. The number of fused-ring (bicyclic) bond motifs is 1. The molecule has 0 unspecified atom stereocenters. The van der Waals surface area contributed by atoms with Gasteiger partial charge in [-0.1, -0.05) is 18.2 Å². The molecule has 1 N–H and O–H groups in total. The maximum Gasteiger partial charge on any atom is 0.509 e. The van der Waals surface area contributed by atoms with Gasteiger partial charge >= 0.3 is 6.16 Å². The topological polar surface area (TPSA) is 102 Å². The van der Waals surface area contributed by atoms with Crippen molar-refractivity contribution < 1.29 is 27.5 Å². The molecule has 8 nitrogen and oxygen atoms in total. The minimum absolute atomic E-state index is 0.00627. The molecule has 9 heteroatoms. The molecule has 2 aromatic carbocycles. The van der Waals surface area contributed by atoms with E-state index in [-0.39, 0.29) is 17.2 Å². The third kappa shape index (κ3) is 3.72. The van der Waals surface area contributed by atoms with Crippen LogP contribution in [0.25, 0.3) is 0 Å². The summed E-state index contributed by atoms with van der Waals surface area (Å²) in [7, 11) is -2.86. The maximum atomic E-state index is 13.2. The van der Waals surface area contributed by atoms with E-state index in [4.69, 9.17) is 4.74 Å². The number of para-hydroxylation sites is 1. The van der Waals surface area contributed by atoms with E-state index in [1.807, 2.05) is 0 Å². The summed E-state index contributed by atoms with van der Waals surface area (Å²) in [5.74, 6) is -0.259. The number of amides is 1. The summed E-state index contributed by atoms with van der Waals surface area (Å²) in [6.45, 7) is 1.36. The van der Waals surface area contributed by atoms with Crippen LogP contribution in [0, 0.1) is 0 Å². The molecule has 0 saturated carbocycles. The van der Waals surface area contributed by atoms with E-state index in [0.717, 1.165) is 17.0 Å². The van der Waals surface area contributed by atoms with Crippen LogP contribution in [0.15, 0.2) is 53.4 Å². The summed E-state index contributed by atoms with van der Waals surface area (Å²) in [6.07, 6.45) is -1.79. The fraction of sp³-hybridized carbons (Fsp3) is 0.222. The number of nitrogens with one attached hydrogen (secondary N) is 1. The second-order valence-electron chi connectivity index (χ2n) is 5.87. The fourth-order valence-electron chi connectivity index (χ4n) is 2.88. The Labute approximate surface area is 156 Å². The summed E-state index contributed by atoms with van der Waals surface area (Å²) in [4.78, 5) is 22.7. The van der Waals surface area contributed by atoms with Gasteiger partial charge in [0.15, 0.2) is 6.23 Å². The smallest absolute Gasteiger partial charge is 0.438 e. The Morgan fingerprint density at radius 3 is 2.41 bits per heavy atom. The van der Waals surface area contributed by atoms with Crippen LogP contribution < -0.4 is 9.62 Å². The first kappa shape index (κ1) is 18.7. The van der Waals surface area contributed by atoms with Crippen LogP contribution in [0.1, 0.15) is 12.5 Å².